The number of hydrogen-bond acceptors (Lipinski definition) is 5. The van der Waals surface area contributed by atoms with Crippen molar-refractivity contribution < 1.29 is 9.21 Å². The maximum Gasteiger partial charge on any atom is 0.277 e. The molecule has 6 heteroatoms. The lowest BCUT2D eigenvalue weighted by atomic mass is 10.0. The van der Waals surface area contributed by atoms with Gasteiger partial charge in [-0.1, -0.05) is 71.3 Å². The zero-order valence-electron chi connectivity index (χ0n) is 16.5. The van der Waals surface area contributed by atoms with Crippen LogP contribution in [-0.4, -0.2) is 16.0 Å². The standard InChI is InChI=1S/C24H19ClN2O2S/c1-15-3-7-17(8-4-15)21(28)22(18-9-5-16(2)6-10-18)30-24-27-26-23(29-24)19-11-13-20(25)14-12-19/h3-14,22H,1-2H3. The molecule has 0 aliphatic rings. The summed E-state index contributed by atoms with van der Waals surface area (Å²) in [4.78, 5) is 13.3. The molecule has 30 heavy (non-hydrogen) atoms. The molecule has 1 aromatic heterocycles. The molecule has 1 atom stereocenters. The second-order valence-electron chi connectivity index (χ2n) is 7.02. The number of hydrogen-bond donors (Lipinski definition) is 0. The van der Waals surface area contributed by atoms with E-state index in [1.807, 2.05) is 74.5 Å². The summed E-state index contributed by atoms with van der Waals surface area (Å²) in [5.74, 6) is 0.384. The summed E-state index contributed by atoms with van der Waals surface area (Å²) in [6.45, 7) is 4.02. The Morgan fingerprint density at radius 3 is 2.10 bits per heavy atom. The molecule has 4 aromatic rings. The van der Waals surface area contributed by atoms with Gasteiger partial charge in [0.25, 0.3) is 5.22 Å². The summed E-state index contributed by atoms with van der Waals surface area (Å²) < 4.78 is 5.84. The highest BCUT2D eigenvalue weighted by atomic mass is 35.5. The van der Waals surface area contributed by atoms with Crippen LogP contribution in [0.1, 0.15) is 32.3 Å². The molecule has 0 spiro atoms. The van der Waals surface area contributed by atoms with Crippen LogP contribution in [0.3, 0.4) is 0 Å². The lowest BCUT2D eigenvalue weighted by Crippen LogP contribution is -2.10. The molecule has 0 saturated heterocycles. The molecule has 0 aliphatic carbocycles. The van der Waals surface area contributed by atoms with Crippen molar-refractivity contribution in [2.75, 3.05) is 0 Å². The predicted molar refractivity (Wildman–Crippen MR) is 120 cm³/mol. The Hall–Kier alpha value is -2.89. The monoisotopic (exact) mass is 434 g/mol. The van der Waals surface area contributed by atoms with Crippen molar-refractivity contribution in [1.82, 2.24) is 10.2 Å². The summed E-state index contributed by atoms with van der Waals surface area (Å²) >= 11 is 7.20. The first-order valence-corrected chi connectivity index (χ1v) is 10.7. The van der Waals surface area contributed by atoms with Crippen LogP contribution < -0.4 is 0 Å². The maximum absolute atomic E-state index is 13.3. The summed E-state index contributed by atoms with van der Waals surface area (Å²) in [6, 6.07) is 22.7. The van der Waals surface area contributed by atoms with Crippen LogP contribution in [-0.2, 0) is 0 Å². The van der Waals surface area contributed by atoms with E-state index in [0.29, 0.717) is 21.7 Å². The average molecular weight is 435 g/mol. The van der Waals surface area contributed by atoms with Crippen LogP contribution in [0.5, 0.6) is 0 Å². The quantitative estimate of drug-likeness (QED) is 0.249. The summed E-state index contributed by atoms with van der Waals surface area (Å²) in [6.07, 6.45) is 0. The molecule has 0 saturated carbocycles. The third-order valence-corrected chi connectivity index (χ3v) is 6.01. The van der Waals surface area contributed by atoms with E-state index in [2.05, 4.69) is 10.2 Å². The zero-order valence-corrected chi connectivity index (χ0v) is 18.1. The Morgan fingerprint density at radius 2 is 1.47 bits per heavy atom. The molecule has 0 radical (unpaired) electrons. The smallest absolute Gasteiger partial charge is 0.277 e. The van der Waals surface area contributed by atoms with Crippen molar-refractivity contribution in [3.8, 4) is 11.5 Å². The number of aromatic nitrogens is 2. The summed E-state index contributed by atoms with van der Waals surface area (Å²) in [5, 5.41) is 8.76. The van der Waals surface area contributed by atoms with Gasteiger partial charge in [-0.05, 0) is 55.4 Å². The van der Waals surface area contributed by atoms with Crippen LogP contribution in [0, 0.1) is 13.8 Å². The number of benzene rings is 3. The van der Waals surface area contributed by atoms with Crippen molar-refractivity contribution in [3.05, 3.63) is 100 Å². The number of thioether (sulfide) groups is 1. The van der Waals surface area contributed by atoms with Gasteiger partial charge in [-0.25, -0.2) is 0 Å². The molecular formula is C24H19ClN2O2S. The first kappa shape index (κ1) is 20.4. The molecule has 0 aliphatic heterocycles. The first-order valence-electron chi connectivity index (χ1n) is 9.43. The molecule has 1 heterocycles. The van der Waals surface area contributed by atoms with Crippen LogP contribution in [0.25, 0.3) is 11.5 Å². The molecule has 0 amide bonds. The SMILES string of the molecule is Cc1ccc(C(=O)C(Sc2nnc(-c3ccc(Cl)cc3)o2)c2ccc(C)cc2)cc1. The molecule has 150 valence electrons. The fourth-order valence-electron chi connectivity index (χ4n) is 2.95. The van der Waals surface area contributed by atoms with Gasteiger partial charge in [0.1, 0.15) is 5.25 Å². The predicted octanol–water partition coefficient (Wildman–Crippen LogP) is 6.72. The number of nitrogens with zero attached hydrogens (tertiary/aromatic N) is 2. The number of aryl methyl sites for hydroxylation is 2. The van der Waals surface area contributed by atoms with Gasteiger partial charge in [0.15, 0.2) is 5.78 Å². The normalized spacial score (nSPS) is 12.0. The van der Waals surface area contributed by atoms with Crippen LogP contribution in [0.15, 0.2) is 82.4 Å². The van der Waals surface area contributed by atoms with E-state index in [9.17, 15) is 4.79 Å². The van der Waals surface area contributed by atoms with Crippen LogP contribution in [0.4, 0.5) is 0 Å². The summed E-state index contributed by atoms with van der Waals surface area (Å²) in [7, 11) is 0. The van der Waals surface area contributed by atoms with Crippen molar-refractivity contribution in [3.63, 3.8) is 0 Å². The third kappa shape index (κ3) is 4.64. The fraction of sp³-hybridized carbons (Fsp3) is 0.125. The fourth-order valence-corrected chi connectivity index (χ4v) is 4.03. The molecule has 3 aromatic carbocycles. The van der Waals surface area contributed by atoms with E-state index in [4.69, 9.17) is 16.0 Å². The zero-order chi connectivity index (χ0) is 21.1. The second kappa shape index (κ2) is 8.86. The number of ketones is 1. The Morgan fingerprint density at radius 1 is 0.867 bits per heavy atom. The van der Waals surface area contributed by atoms with Crippen molar-refractivity contribution in [2.24, 2.45) is 0 Å². The number of Topliss-reactive ketones (excluding diaryl/α,β-unsaturated/α-hetero) is 1. The first-order chi connectivity index (χ1) is 14.5. The number of carbonyl (C=O) groups excluding carboxylic acids is 1. The van der Waals surface area contributed by atoms with Gasteiger partial charge < -0.3 is 4.42 Å². The van der Waals surface area contributed by atoms with Gasteiger partial charge in [0.2, 0.25) is 5.89 Å². The molecule has 0 fully saturated rings. The van der Waals surface area contributed by atoms with E-state index < -0.39 is 5.25 Å². The minimum Gasteiger partial charge on any atom is -0.411 e. The largest absolute Gasteiger partial charge is 0.411 e. The summed E-state index contributed by atoms with van der Waals surface area (Å²) in [5.41, 5.74) is 4.55. The lowest BCUT2D eigenvalue weighted by Gasteiger charge is -2.14. The number of rotatable bonds is 6. The second-order valence-corrected chi connectivity index (χ2v) is 8.51. The van der Waals surface area contributed by atoms with E-state index in [0.717, 1.165) is 22.3 Å². The topological polar surface area (TPSA) is 56.0 Å². The molecular weight excluding hydrogens is 416 g/mol. The molecule has 0 bridgehead atoms. The Balaban J connectivity index is 1.64. The highest BCUT2D eigenvalue weighted by Crippen LogP contribution is 2.38. The van der Waals surface area contributed by atoms with Gasteiger partial charge in [0, 0.05) is 16.1 Å². The van der Waals surface area contributed by atoms with Crippen LogP contribution >= 0.6 is 23.4 Å². The maximum atomic E-state index is 13.3. The Kier molecular flexibility index (Phi) is 6.02. The van der Waals surface area contributed by atoms with Gasteiger partial charge >= 0.3 is 0 Å². The van der Waals surface area contributed by atoms with Gasteiger partial charge in [0.05, 0.1) is 0 Å². The number of carbonyl (C=O) groups is 1. The van der Waals surface area contributed by atoms with E-state index >= 15 is 0 Å². The number of halogens is 1. The van der Waals surface area contributed by atoms with E-state index in [1.165, 1.54) is 11.8 Å². The average Bonchev–Trinajstić information content (AvgIpc) is 3.22. The van der Waals surface area contributed by atoms with Gasteiger partial charge in [-0.2, -0.15) is 0 Å². The Bertz CT molecular complexity index is 1150. The molecule has 1 unspecified atom stereocenters. The van der Waals surface area contributed by atoms with Crippen molar-refractivity contribution >= 4 is 29.1 Å². The van der Waals surface area contributed by atoms with E-state index in [1.54, 1.807) is 12.1 Å². The lowest BCUT2D eigenvalue weighted by molar-refractivity contribution is 0.0989. The van der Waals surface area contributed by atoms with Gasteiger partial charge in [-0.3, -0.25) is 4.79 Å². The third-order valence-electron chi connectivity index (χ3n) is 4.67. The minimum atomic E-state index is -0.494. The van der Waals surface area contributed by atoms with Crippen molar-refractivity contribution in [2.45, 2.75) is 24.3 Å². The van der Waals surface area contributed by atoms with E-state index in [-0.39, 0.29) is 5.78 Å². The van der Waals surface area contributed by atoms with Gasteiger partial charge in [-0.15, -0.1) is 10.2 Å². The Labute approximate surface area is 184 Å². The highest BCUT2D eigenvalue weighted by molar-refractivity contribution is 8.00. The molecule has 4 nitrogen and oxygen atoms in total. The molecule has 4 rings (SSSR count). The highest BCUT2D eigenvalue weighted by Gasteiger charge is 2.26. The molecule has 0 N–H and O–H groups in total. The van der Waals surface area contributed by atoms with Crippen LogP contribution in [0.2, 0.25) is 5.02 Å². The minimum absolute atomic E-state index is 0.00454. The van der Waals surface area contributed by atoms with Crippen molar-refractivity contribution in [1.29, 1.82) is 0 Å².